The van der Waals surface area contributed by atoms with Gasteiger partial charge in [-0.15, -0.1) is 0 Å². The van der Waals surface area contributed by atoms with Gasteiger partial charge in [0.2, 0.25) is 5.91 Å². The van der Waals surface area contributed by atoms with E-state index in [-0.39, 0.29) is 11.7 Å². The van der Waals surface area contributed by atoms with Crippen LogP contribution in [0.3, 0.4) is 0 Å². The van der Waals surface area contributed by atoms with Crippen molar-refractivity contribution in [2.75, 3.05) is 32.1 Å². The Morgan fingerprint density at radius 2 is 1.87 bits per heavy atom. The van der Waals surface area contributed by atoms with E-state index in [9.17, 15) is 9.18 Å². The van der Waals surface area contributed by atoms with Gasteiger partial charge >= 0.3 is 0 Å². The smallest absolute Gasteiger partial charge is 0.248 e. The van der Waals surface area contributed by atoms with E-state index in [0.717, 1.165) is 56.6 Å². The van der Waals surface area contributed by atoms with Crippen LogP contribution in [0.2, 0.25) is 0 Å². The van der Waals surface area contributed by atoms with Crippen LogP contribution < -0.4 is 10.1 Å². The van der Waals surface area contributed by atoms with Crippen molar-refractivity contribution in [3.8, 4) is 5.75 Å². The molecule has 2 aromatic carbocycles. The van der Waals surface area contributed by atoms with Gasteiger partial charge in [0, 0.05) is 21.8 Å². The SMILES string of the molecule is CCCN(CCC)CCCc1cc(NC(=O)C=Cc2ccc(Br)cc2F)ccc1OC. The second-order valence-electron chi connectivity index (χ2n) is 7.46. The molecule has 4 nitrogen and oxygen atoms in total. The molecule has 31 heavy (non-hydrogen) atoms. The molecule has 0 heterocycles. The second-order valence-corrected chi connectivity index (χ2v) is 8.38. The monoisotopic (exact) mass is 490 g/mol. The van der Waals surface area contributed by atoms with E-state index in [1.807, 2.05) is 18.2 Å². The topological polar surface area (TPSA) is 41.6 Å². The quantitative estimate of drug-likeness (QED) is 0.354. The standard InChI is InChI=1S/C25H32BrFN2O2/c1-4-14-29(15-5-2)16-6-7-20-17-22(11-12-24(20)31-3)28-25(30)13-9-19-8-10-21(26)18-23(19)27/h8-13,17-18H,4-7,14-16H2,1-3H3,(H,28,30). The van der Waals surface area contributed by atoms with E-state index in [4.69, 9.17) is 4.74 Å². The molecule has 6 heteroatoms. The predicted molar refractivity (Wildman–Crippen MR) is 130 cm³/mol. The van der Waals surface area contributed by atoms with Crippen molar-refractivity contribution in [1.82, 2.24) is 4.90 Å². The van der Waals surface area contributed by atoms with Crippen LogP contribution >= 0.6 is 15.9 Å². The number of carbonyl (C=O) groups excluding carboxylic acids is 1. The lowest BCUT2D eigenvalue weighted by atomic mass is 10.1. The Morgan fingerprint density at radius 3 is 2.52 bits per heavy atom. The lowest BCUT2D eigenvalue weighted by Crippen LogP contribution is -2.26. The molecule has 2 rings (SSSR count). The molecule has 0 bridgehead atoms. The zero-order chi connectivity index (χ0) is 22.6. The highest BCUT2D eigenvalue weighted by molar-refractivity contribution is 9.10. The maximum Gasteiger partial charge on any atom is 0.248 e. The van der Waals surface area contributed by atoms with Crippen molar-refractivity contribution in [2.45, 2.75) is 39.5 Å². The van der Waals surface area contributed by atoms with Crippen LogP contribution in [-0.4, -0.2) is 37.6 Å². The fourth-order valence-corrected chi connectivity index (χ4v) is 3.83. The van der Waals surface area contributed by atoms with E-state index in [1.54, 1.807) is 19.2 Å². The zero-order valence-electron chi connectivity index (χ0n) is 18.6. The molecule has 0 aliphatic heterocycles. The van der Waals surface area contributed by atoms with Gasteiger partial charge in [0.25, 0.3) is 0 Å². The summed E-state index contributed by atoms with van der Waals surface area (Å²) in [6.45, 7) is 7.69. The molecule has 0 fully saturated rings. The number of hydrogen-bond acceptors (Lipinski definition) is 3. The van der Waals surface area contributed by atoms with Crippen LogP contribution in [-0.2, 0) is 11.2 Å². The molecule has 0 aliphatic carbocycles. The predicted octanol–water partition coefficient (Wildman–Crippen LogP) is 6.30. The summed E-state index contributed by atoms with van der Waals surface area (Å²) in [7, 11) is 1.66. The fraction of sp³-hybridized carbons (Fsp3) is 0.400. The molecule has 0 radical (unpaired) electrons. The molecule has 0 saturated heterocycles. The van der Waals surface area contributed by atoms with Gasteiger partial charge in [0.05, 0.1) is 7.11 Å². The number of ether oxygens (including phenoxy) is 1. The van der Waals surface area contributed by atoms with Crippen molar-refractivity contribution in [2.24, 2.45) is 0 Å². The number of nitrogens with one attached hydrogen (secondary N) is 1. The van der Waals surface area contributed by atoms with E-state index >= 15 is 0 Å². The summed E-state index contributed by atoms with van der Waals surface area (Å²) in [5.41, 5.74) is 2.12. The van der Waals surface area contributed by atoms with Crippen LogP contribution in [0.5, 0.6) is 5.75 Å². The van der Waals surface area contributed by atoms with Gasteiger partial charge < -0.3 is 15.0 Å². The number of benzene rings is 2. The van der Waals surface area contributed by atoms with Gasteiger partial charge in [-0.05, 0) is 87.3 Å². The van der Waals surface area contributed by atoms with E-state index < -0.39 is 0 Å². The fourth-order valence-electron chi connectivity index (χ4n) is 3.50. The molecule has 1 N–H and O–H groups in total. The summed E-state index contributed by atoms with van der Waals surface area (Å²) in [5, 5.41) is 2.85. The molecule has 0 aliphatic rings. The Balaban J connectivity index is 2.00. The average molecular weight is 491 g/mol. The molecule has 0 atom stereocenters. The molecule has 0 spiro atoms. The first-order valence-corrected chi connectivity index (χ1v) is 11.6. The van der Waals surface area contributed by atoms with Crippen molar-refractivity contribution in [1.29, 1.82) is 0 Å². The number of halogens is 2. The zero-order valence-corrected chi connectivity index (χ0v) is 20.2. The maximum absolute atomic E-state index is 13.9. The molecule has 0 unspecified atom stereocenters. The second kappa shape index (κ2) is 13.3. The molecule has 1 amide bonds. The Labute approximate surface area is 193 Å². The maximum atomic E-state index is 13.9. The summed E-state index contributed by atoms with van der Waals surface area (Å²) >= 11 is 3.22. The number of anilines is 1. The van der Waals surface area contributed by atoms with Gasteiger partial charge in [-0.25, -0.2) is 4.39 Å². The largest absolute Gasteiger partial charge is 0.496 e. The number of amides is 1. The molecular weight excluding hydrogens is 459 g/mol. The minimum absolute atomic E-state index is 0.310. The Morgan fingerprint density at radius 1 is 1.13 bits per heavy atom. The number of nitrogens with zero attached hydrogens (tertiary/aromatic N) is 1. The number of aryl methyl sites for hydroxylation is 1. The van der Waals surface area contributed by atoms with Gasteiger partial charge in [-0.1, -0.05) is 35.8 Å². The minimum Gasteiger partial charge on any atom is -0.496 e. The van der Waals surface area contributed by atoms with Crippen LogP contribution in [0.25, 0.3) is 6.08 Å². The average Bonchev–Trinajstić information content (AvgIpc) is 2.73. The number of hydrogen-bond donors (Lipinski definition) is 1. The highest BCUT2D eigenvalue weighted by Gasteiger charge is 2.08. The van der Waals surface area contributed by atoms with Crippen LogP contribution in [0, 0.1) is 5.82 Å². The Bertz CT molecular complexity index is 880. The molecule has 168 valence electrons. The van der Waals surface area contributed by atoms with Crippen molar-refractivity contribution < 1.29 is 13.9 Å². The van der Waals surface area contributed by atoms with Crippen LogP contribution in [0.4, 0.5) is 10.1 Å². The third-order valence-electron chi connectivity index (χ3n) is 4.92. The molecular formula is C25H32BrFN2O2. The first-order valence-electron chi connectivity index (χ1n) is 10.8. The Hall–Kier alpha value is -2.18. The summed E-state index contributed by atoms with van der Waals surface area (Å²) in [6, 6.07) is 10.4. The van der Waals surface area contributed by atoms with Gasteiger partial charge in [-0.2, -0.15) is 0 Å². The van der Waals surface area contributed by atoms with Crippen LogP contribution in [0.1, 0.15) is 44.2 Å². The van der Waals surface area contributed by atoms with Crippen LogP contribution in [0.15, 0.2) is 46.9 Å². The first-order chi connectivity index (χ1) is 15.0. The van der Waals surface area contributed by atoms with Gasteiger partial charge in [0.15, 0.2) is 0 Å². The van der Waals surface area contributed by atoms with Gasteiger partial charge in [0.1, 0.15) is 11.6 Å². The lowest BCUT2D eigenvalue weighted by molar-refractivity contribution is -0.111. The first kappa shape index (κ1) is 25.1. The minimum atomic E-state index is -0.384. The normalized spacial score (nSPS) is 11.3. The van der Waals surface area contributed by atoms with Crippen molar-refractivity contribution >= 4 is 33.6 Å². The molecule has 0 aromatic heterocycles. The highest BCUT2D eigenvalue weighted by atomic mass is 79.9. The third kappa shape index (κ3) is 8.46. The van der Waals surface area contributed by atoms with E-state index in [0.29, 0.717) is 15.7 Å². The summed E-state index contributed by atoms with van der Waals surface area (Å²) in [6.07, 6.45) is 7.01. The summed E-state index contributed by atoms with van der Waals surface area (Å²) < 4.78 is 20.1. The van der Waals surface area contributed by atoms with Crippen molar-refractivity contribution in [3.63, 3.8) is 0 Å². The summed E-state index contributed by atoms with van der Waals surface area (Å²) in [5.74, 6) is 0.129. The number of methoxy groups -OCH3 is 1. The van der Waals surface area contributed by atoms with Gasteiger partial charge in [-0.3, -0.25) is 4.79 Å². The Kier molecular flexibility index (Phi) is 10.7. The molecule has 2 aromatic rings. The van der Waals surface area contributed by atoms with Crippen molar-refractivity contribution in [3.05, 3.63) is 63.9 Å². The van der Waals surface area contributed by atoms with E-state index in [2.05, 4.69) is 40.0 Å². The number of rotatable bonds is 12. The van der Waals surface area contributed by atoms with E-state index in [1.165, 1.54) is 18.2 Å². The summed E-state index contributed by atoms with van der Waals surface area (Å²) in [4.78, 5) is 14.8. The highest BCUT2D eigenvalue weighted by Crippen LogP contribution is 2.24. The molecule has 0 saturated carbocycles. The lowest BCUT2D eigenvalue weighted by Gasteiger charge is -2.21. The third-order valence-corrected chi connectivity index (χ3v) is 5.42. The number of carbonyl (C=O) groups is 1.